The summed E-state index contributed by atoms with van der Waals surface area (Å²) in [6.07, 6.45) is 6.13. The summed E-state index contributed by atoms with van der Waals surface area (Å²) in [6, 6.07) is 0.857. The van der Waals surface area contributed by atoms with Gasteiger partial charge in [0.05, 0.1) is 0 Å². The van der Waals surface area contributed by atoms with Crippen LogP contribution in [0.4, 0.5) is 0 Å². The Kier molecular flexibility index (Phi) is 1.81. The van der Waals surface area contributed by atoms with Crippen LogP contribution in [0.5, 0.6) is 0 Å². The van der Waals surface area contributed by atoms with Crippen LogP contribution in [0.25, 0.3) is 0 Å². The second kappa shape index (κ2) is 2.75. The van der Waals surface area contributed by atoms with Crippen molar-refractivity contribution in [2.24, 2.45) is 23.7 Å². The molecule has 1 heteroatoms. The molecule has 0 saturated heterocycles. The van der Waals surface area contributed by atoms with Gasteiger partial charge in [-0.05, 0) is 70.1 Å². The van der Waals surface area contributed by atoms with E-state index < -0.39 is 0 Å². The van der Waals surface area contributed by atoms with Gasteiger partial charge < -0.3 is 5.32 Å². The van der Waals surface area contributed by atoms with Crippen molar-refractivity contribution in [3.05, 3.63) is 0 Å². The third kappa shape index (κ3) is 1.25. The lowest BCUT2D eigenvalue weighted by atomic mass is 9.62. The Hall–Kier alpha value is -0.0400. The van der Waals surface area contributed by atoms with E-state index in [9.17, 15) is 0 Å². The van der Waals surface area contributed by atoms with Gasteiger partial charge in [0.25, 0.3) is 0 Å². The van der Waals surface area contributed by atoms with E-state index in [0.717, 1.165) is 29.7 Å². The van der Waals surface area contributed by atoms with Gasteiger partial charge in [-0.25, -0.2) is 0 Å². The second-order valence-electron chi connectivity index (χ2n) is 6.81. The van der Waals surface area contributed by atoms with Crippen LogP contribution in [-0.2, 0) is 0 Å². The first-order chi connectivity index (χ1) is 6.54. The molecule has 0 aromatic rings. The van der Waals surface area contributed by atoms with Crippen molar-refractivity contribution in [3.63, 3.8) is 0 Å². The van der Waals surface area contributed by atoms with Crippen molar-refractivity contribution in [3.8, 4) is 0 Å². The smallest absolute Gasteiger partial charge is 0.0108 e. The van der Waals surface area contributed by atoms with Gasteiger partial charge in [0.15, 0.2) is 0 Å². The normalized spacial score (nSPS) is 50.4. The van der Waals surface area contributed by atoms with Crippen LogP contribution >= 0.6 is 0 Å². The lowest BCUT2D eigenvalue weighted by Gasteiger charge is -2.50. The standard InChI is InChI=1S/C13H23N/c1-13(2,3)14-11-7-10-8-4-5-9(6-8)12(10)11/h8-12,14H,4-7H2,1-3H3/t8?,9?,10-,11-,12+/m0/s1. The number of fused-ring (bicyclic) bond motifs is 5. The number of hydrogen-bond donors (Lipinski definition) is 1. The predicted molar refractivity (Wildman–Crippen MR) is 59.1 cm³/mol. The molecule has 3 aliphatic rings. The van der Waals surface area contributed by atoms with Gasteiger partial charge in [-0.3, -0.25) is 0 Å². The average molecular weight is 193 g/mol. The highest BCUT2D eigenvalue weighted by molar-refractivity contribution is 5.09. The maximum Gasteiger partial charge on any atom is 0.0108 e. The highest BCUT2D eigenvalue weighted by Gasteiger charge is 2.57. The van der Waals surface area contributed by atoms with E-state index in [1.165, 1.54) is 12.8 Å². The number of hydrogen-bond acceptors (Lipinski definition) is 1. The molecule has 0 aromatic heterocycles. The van der Waals surface area contributed by atoms with Crippen LogP contribution in [0.3, 0.4) is 0 Å². The van der Waals surface area contributed by atoms with Gasteiger partial charge in [0.2, 0.25) is 0 Å². The van der Waals surface area contributed by atoms with E-state index in [-0.39, 0.29) is 0 Å². The summed E-state index contributed by atoms with van der Waals surface area (Å²) in [4.78, 5) is 0. The molecular weight excluding hydrogens is 170 g/mol. The summed E-state index contributed by atoms with van der Waals surface area (Å²) in [5.74, 6) is 4.41. The van der Waals surface area contributed by atoms with Gasteiger partial charge in [-0.2, -0.15) is 0 Å². The average Bonchev–Trinajstić information content (AvgIpc) is 2.53. The summed E-state index contributed by atoms with van der Waals surface area (Å²) in [6.45, 7) is 6.90. The molecule has 0 radical (unpaired) electrons. The predicted octanol–water partition coefficient (Wildman–Crippen LogP) is 2.81. The highest BCUT2D eigenvalue weighted by Crippen LogP contribution is 2.61. The Morgan fingerprint density at radius 2 is 1.71 bits per heavy atom. The van der Waals surface area contributed by atoms with Gasteiger partial charge >= 0.3 is 0 Å². The largest absolute Gasteiger partial charge is 0.309 e. The first kappa shape index (κ1) is 9.21. The molecule has 0 amide bonds. The van der Waals surface area contributed by atoms with Gasteiger partial charge in [0, 0.05) is 11.6 Å². The third-order valence-electron chi connectivity index (χ3n) is 4.77. The molecule has 1 nitrogen and oxygen atoms in total. The summed E-state index contributed by atoms with van der Waals surface area (Å²) < 4.78 is 0. The SMILES string of the molecule is CC(C)(C)N[C@H]1C[C@H]2C3CCC(C3)[C@@H]12. The Labute approximate surface area is 87.7 Å². The molecule has 14 heavy (non-hydrogen) atoms. The lowest BCUT2D eigenvalue weighted by Crippen LogP contribution is -2.57. The second-order valence-corrected chi connectivity index (χ2v) is 6.81. The number of rotatable bonds is 1. The van der Waals surface area contributed by atoms with Crippen LogP contribution in [0, 0.1) is 23.7 Å². The molecular formula is C13H23N. The molecule has 3 aliphatic carbocycles. The molecule has 0 aliphatic heterocycles. The number of nitrogens with one attached hydrogen (secondary N) is 1. The zero-order valence-electron chi connectivity index (χ0n) is 9.72. The summed E-state index contributed by atoms with van der Waals surface area (Å²) >= 11 is 0. The van der Waals surface area contributed by atoms with Gasteiger partial charge in [-0.15, -0.1) is 0 Å². The van der Waals surface area contributed by atoms with E-state index in [1.54, 1.807) is 12.8 Å². The lowest BCUT2D eigenvalue weighted by molar-refractivity contribution is 0.0354. The van der Waals surface area contributed by atoms with Crippen molar-refractivity contribution < 1.29 is 0 Å². The first-order valence-electron chi connectivity index (χ1n) is 6.32. The van der Waals surface area contributed by atoms with E-state index in [1.807, 2.05) is 0 Å². The fourth-order valence-electron chi connectivity index (χ4n) is 4.40. The molecule has 2 unspecified atom stereocenters. The molecule has 3 rings (SSSR count). The molecule has 0 aromatic carbocycles. The molecule has 3 saturated carbocycles. The maximum atomic E-state index is 3.81. The third-order valence-corrected chi connectivity index (χ3v) is 4.77. The summed E-state index contributed by atoms with van der Waals surface area (Å²) in [5, 5.41) is 3.81. The van der Waals surface area contributed by atoms with E-state index >= 15 is 0 Å². The van der Waals surface area contributed by atoms with Crippen LogP contribution < -0.4 is 5.32 Å². The van der Waals surface area contributed by atoms with E-state index in [0.29, 0.717) is 5.54 Å². The fraction of sp³-hybridized carbons (Fsp3) is 1.00. The monoisotopic (exact) mass is 193 g/mol. The van der Waals surface area contributed by atoms with E-state index in [2.05, 4.69) is 26.1 Å². The van der Waals surface area contributed by atoms with Gasteiger partial charge in [0.1, 0.15) is 0 Å². The minimum Gasteiger partial charge on any atom is -0.309 e. The topological polar surface area (TPSA) is 12.0 Å². The maximum absolute atomic E-state index is 3.81. The molecule has 2 bridgehead atoms. The van der Waals surface area contributed by atoms with Crippen LogP contribution in [0.2, 0.25) is 0 Å². The van der Waals surface area contributed by atoms with Crippen LogP contribution in [-0.4, -0.2) is 11.6 Å². The summed E-state index contributed by atoms with van der Waals surface area (Å²) in [5.41, 5.74) is 0.317. The first-order valence-corrected chi connectivity index (χ1v) is 6.32. The van der Waals surface area contributed by atoms with Crippen LogP contribution in [0.15, 0.2) is 0 Å². The zero-order chi connectivity index (χ0) is 9.92. The minimum absolute atomic E-state index is 0.317. The summed E-state index contributed by atoms with van der Waals surface area (Å²) in [7, 11) is 0. The zero-order valence-corrected chi connectivity index (χ0v) is 9.72. The van der Waals surface area contributed by atoms with Crippen molar-refractivity contribution in [1.82, 2.24) is 5.32 Å². The van der Waals surface area contributed by atoms with Crippen molar-refractivity contribution in [2.45, 2.75) is 58.0 Å². The molecule has 0 heterocycles. The molecule has 5 atom stereocenters. The van der Waals surface area contributed by atoms with Crippen molar-refractivity contribution in [2.75, 3.05) is 0 Å². The van der Waals surface area contributed by atoms with Gasteiger partial charge in [-0.1, -0.05) is 0 Å². The Morgan fingerprint density at radius 1 is 1.00 bits per heavy atom. The Bertz CT molecular complexity index is 238. The highest BCUT2D eigenvalue weighted by atomic mass is 15.0. The van der Waals surface area contributed by atoms with Crippen molar-refractivity contribution >= 4 is 0 Å². The van der Waals surface area contributed by atoms with E-state index in [4.69, 9.17) is 0 Å². The molecule has 1 N–H and O–H groups in total. The fourth-order valence-corrected chi connectivity index (χ4v) is 4.40. The molecule has 3 fully saturated rings. The molecule has 0 spiro atoms. The Morgan fingerprint density at radius 3 is 2.36 bits per heavy atom. The molecule has 80 valence electrons. The minimum atomic E-state index is 0.317. The quantitative estimate of drug-likeness (QED) is 0.675. The van der Waals surface area contributed by atoms with Crippen molar-refractivity contribution in [1.29, 1.82) is 0 Å². The van der Waals surface area contributed by atoms with Crippen LogP contribution in [0.1, 0.15) is 46.5 Å². The Balaban J connectivity index is 1.66.